The van der Waals surface area contributed by atoms with Crippen molar-refractivity contribution in [2.45, 2.75) is 52.1 Å². The van der Waals surface area contributed by atoms with Crippen LogP contribution in [0.5, 0.6) is 5.75 Å². The number of phenols is 1. The summed E-state index contributed by atoms with van der Waals surface area (Å²) >= 11 is 0. The number of nitrogen functional groups attached to an aromatic ring is 1. The van der Waals surface area contributed by atoms with Crippen molar-refractivity contribution in [2.75, 3.05) is 37.9 Å². The molecule has 0 fully saturated rings. The summed E-state index contributed by atoms with van der Waals surface area (Å²) in [7, 11) is 1.92. The number of aryl methyl sites for hydroxylation is 1. The van der Waals surface area contributed by atoms with Crippen LogP contribution >= 0.6 is 0 Å². The molecule has 0 bridgehead atoms. The number of rotatable bonds is 12. The number of aliphatic hydroxyl groups is 2. The number of benzene rings is 1. The Labute approximate surface area is 178 Å². The molecule has 0 radical (unpaired) electrons. The molecule has 2 aromatic rings. The predicted molar refractivity (Wildman–Crippen MR) is 120 cm³/mol. The summed E-state index contributed by atoms with van der Waals surface area (Å²) in [6, 6.07) is 5.74. The zero-order valence-corrected chi connectivity index (χ0v) is 18.2. The Hall–Kier alpha value is -2.42. The summed E-state index contributed by atoms with van der Waals surface area (Å²) < 4.78 is 0. The first kappa shape index (κ1) is 23.9. The average Bonchev–Trinajstić information content (AvgIpc) is 2.66. The number of aromatic nitrogens is 2. The molecular formula is C22H35N5O3. The molecule has 30 heavy (non-hydrogen) atoms. The van der Waals surface area contributed by atoms with Crippen LogP contribution in [0.15, 0.2) is 18.2 Å². The summed E-state index contributed by atoms with van der Waals surface area (Å²) in [5, 5.41) is 32.4. The number of anilines is 2. The van der Waals surface area contributed by atoms with Crippen LogP contribution in [0.2, 0.25) is 0 Å². The van der Waals surface area contributed by atoms with E-state index in [4.69, 9.17) is 10.8 Å². The molecule has 1 heterocycles. The number of aliphatic hydroxyl groups excluding tert-OH is 2. The fourth-order valence-corrected chi connectivity index (χ4v) is 3.54. The summed E-state index contributed by atoms with van der Waals surface area (Å²) in [5.74, 6) is 1.06. The Kier molecular flexibility index (Phi) is 9.29. The molecular weight excluding hydrogens is 382 g/mol. The minimum atomic E-state index is 0.0884. The monoisotopic (exact) mass is 417 g/mol. The maximum absolute atomic E-state index is 10.6. The highest BCUT2D eigenvalue weighted by Gasteiger charge is 2.17. The number of nitrogens with two attached hydrogens (primary N) is 1. The van der Waals surface area contributed by atoms with E-state index in [1.807, 2.05) is 31.0 Å². The van der Waals surface area contributed by atoms with Crippen molar-refractivity contribution in [3.8, 4) is 5.75 Å². The normalized spacial score (nSPS) is 12.3. The second kappa shape index (κ2) is 11.7. The number of likely N-dealkylation sites (N-methyl/N-ethyl adjacent to an activating group) is 1. The van der Waals surface area contributed by atoms with Gasteiger partial charge in [-0.15, -0.1) is 0 Å². The lowest BCUT2D eigenvalue weighted by Gasteiger charge is -2.21. The molecule has 8 heteroatoms. The van der Waals surface area contributed by atoms with E-state index < -0.39 is 0 Å². The minimum Gasteiger partial charge on any atom is -0.508 e. The lowest BCUT2D eigenvalue weighted by Crippen LogP contribution is -2.23. The molecule has 6 N–H and O–H groups in total. The largest absolute Gasteiger partial charge is 0.508 e. The molecule has 166 valence electrons. The molecule has 0 saturated carbocycles. The lowest BCUT2D eigenvalue weighted by molar-refractivity contribution is 0.217. The van der Waals surface area contributed by atoms with Crippen LogP contribution in [0.3, 0.4) is 0 Å². The number of hydrogen-bond acceptors (Lipinski definition) is 8. The van der Waals surface area contributed by atoms with Crippen LogP contribution in [0, 0.1) is 6.92 Å². The second-order valence-electron chi connectivity index (χ2n) is 7.74. The molecule has 1 aromatic heterocycles. The topological polar surface area (TPSA) is 128 Å². The molecule has 0 aliphatic rings. The van der Waals surface area contributed by atoms with E-state index in [1.54, 1.807) is 6.07 Å². The molecule has 1 atom stereocenters. The van der Waals surface area contributed by atoms with Crippen LogP contribution in [0.4, 0.5) is 11.8 Å². The molecule has 8 nitrogen and oxygen atoms in total. The van der Waals surface area contributed by atoms with E-state index in [-0.39, 0.29) is 31.0 Å². The van der Waals surface area contributed by atoms with Gasteiger partial charge in [-0.2, -0.15) is 4.98 Å². The number of aromatic hydroxyl groups is 1. The molecule has 0 aliphatic heterocycles. The quantitative estimate of drug-likeness (QED) is 0.355. The number of nitrogens with one attached hydrogen (secondary N) is 1. The Bertz CT molecular complexity index is 810. The Balaban J connectivity index is 2.27. The fourth-order valence-electron chi connectivity index (χ4n) is 3.54. The summed E-state index contributed by atoms with van der Waals surface area (Å²) in [6.07, 6.45) is 2.98. The van der Waals surface area contributed by atoms with E-state index in [2.05, 4.69) is 22.2 Å². The fraction of sp³-hybridized carbons (Fsp3) is 0.545. The van der Waals surface area contributed by atoms with E-state index in [0.717, 1.165) is 35.2 Å². The zero-order chi connectivity index (χ0) is 22.1. The van der Waals surface area contributed by atoms with Gasteiger partial charge in [0, 0.05) is 43.4 Å². The van der Waals surface area contributed by atoms with Crippen molar-refractivity contribution in [2.24, 2.45) is 0 Å². The molecule has 1 unspecified atom stereocenters. The Morgan fingerprint density at radius 2 is 1.93 bits per heavy atom. The van der Waals surface area contributed by atoms with Gasteiger partial charge < -0.3 is 26.4 Å². The first-order chi connectivity index (χ1) is 14.4. The van der Waals surface area contributed by atoms with Gasteiger partial charge in [0.25, 0.3) is 0 Å². The summed E-state index contributed by atoms with van der Waals surface area (Å²) in [6.45, 7) is 5.40. The first-order valence-corrected chi connectivity index (χ1v) is 10.5. The molecule has 2 rings (SSSR count). The SMILES string of the molecule is CCCC(CCO)Nc1nc(N)nc(C)c1Cc1ccc(CN(C)CCO)cc1O. The van der Waals surface area contributed by atoms with Crippen molar-refractivity contribution in [3.63, 3.8) is 0 Å². The van der Waals surface area contributed by atoms with Crippen molar-refractivity contribution in [1.82, 2.24) is 14.9 Å². The number of phenolic OH excluding ortho intramolecular Hbond substituents is 1. The van der Waals surface area contributed by atoms with Crippen molar-refractivity contribution in [3.05, 3.63) is 40.6 Å². The average molecular weight is 418 g/mol. The standard InChI is InChI=1S/C22H35N5O3/c1-4-5-18(8-10-28)25-21-19(15(2)24-22(23)26-21)13-17-7-6-16(12-20(17)30)14-27(3)9-11-29/h6-7,12,18,28-30H,4-5,8-11,13-14H2,1-3H3,(H3,23,24,25,26). The van der Waals surface area contributed by atoms with Gasteiger partial charge in [-0.3, -0.25) is 4.90 Å². The van der Waals surface area contributed by atoms with E-state index in [9.17, 15) is 10.2 Å². The lowest BCUT2D eigenvalue weighted by atomic mass is 10.0. The molecule has 0 saturated heterocycles. The van der Waals surface area contributed by atoms with Crippen LogP contribution in [-0.2, 0) is 13.0 Å². The highest BCUT2D eigenvalue weighted by molar-refractivity contribution is 5.53. The number of nitrogens with zero attached hydrogens (tertiary/aromatic N) is 3. The van der Waals surface area contributed by atoms with Crippen LogP contribution in [-0.4, -0.2) is 63.0 Å². The zero-order valence-electron chi connectivity index (χ0n) is 18.2. The van der Waals surface area contributed by atoms with E-state index >= 15 is 0 Å². The second-order valence-corrected chi connectivity index (χ2v) is 7.74. The van der Waals surface area contributed by atoms with E-state index in [0.29, 0.717) is 31.7 Å². The van der Waals surface area contributed by atoms with Crippen molar-refractivity contribution < 1.29 is 15.3 Å². The van der Waals surface area contributed by atoms with Gasteiger partial charge in [0.2, 0.25) is 5.95 Å². The molecule has 0 spiro atoms. The van der Waals surface area contributed by atoms with Crippen LogP contribution in [0.1, 0.15) is 48.6 Å². The van der Waals surface area contributed by atoms with Crippen LogP contribution in [0.25, 0.3) is 0 Å². The van der Waals surface area contributed by atoms with Gasteiger partial charge in [0.05, 0.1) is 6.61 Å². The van der Waals surface area contributed by atoms with E-state index in [1.165, 1.54) is 0 Å². The highest BCUT2D eigenvalue weighted by atomic mass is 16.3. The van der Waals surface area contributed by atoms with Gasteiger partial charge in [-0.05, 0) is 44.0 Å². The Morgan fingerprint density at radius 3 is 2.57 bits per heavy atom. The van der Waals surface area contributed by atoms with Gasteiger partial charge in [0.1, 0.15) is 11.6 Å². The maximum Gasteiger partial charge on any atom is 0.222 e. The number of hydrogen-bond donors (Lipinski definition) is 5. The third-order valence-corrected chi connectivity index (χ3v) is 5.14. The highest BCUT2D eigenvalue weighted by Crippen LogP contribution is 2.28. The smallest absolute Gasteiger partial charge is 0.222 e. The van der Waals surface area contributed by atoms with Crippen LogP contribution < -0.4 is 11.1 Å². The maximum atomic E-state index is 10.6. The van der Waals surface area contributed by atoms with Crippen molar-refractivity contribution in [1.29, 1.82) is 0 Å². The van der Waals surface area contributed by atoms with Gasteiger partial charge in [-0.1, -0.05) is 25.5 Å². The Morgan fingerprint density at radius 1 is 1.17 bits per heavy atom. The van der Waals surface area contributed by atoms with Gasteiger partial charge >= 0.3 is 0 Å². The molecule has 0 aliphatic carbocycles. The van der Waals surface area contributed by atoms with Crippen molar-refractivity contribution >= 4 is 11.8 Å². The summed E-state index contributed by atoms with van der Waals surface area (Å²) in [4.78, 5) is 10.7. The minimum absolute atomic E-state index is 0.0884. The third kappa shape index (κ3) is 6.83. The summed E-state index contributed by atoms with van der Waals surface area (Å²) in [5.41, 5.74) is 9.27. The predicted octanol–water partition coefficient (Wildman–Crippen LogP) is 2.05. The molecule has 0 amide bonds. The first-order valence-electron chi connectivity index (χ1n) is 10.5. The third-order valence-electron chi connectivity index (χ3n) is 5.14. The van der Waals surface area contributed by atoms with Gasteiger partial charge in [0.15, 0.2) is 0 Å². The molecule has 1 aromatic carbocycles. The van der Waals surface area contributed by atoms with Gasteiger partial charge in [-0.25, -0.2) is 4.98 Å².